The Morgan fingerprint density at radius 1 is 1.00 bits per heavy atom. The van der Waals surface area contributed by atoms with Gasteiger partial charge >= 0.3 is 0 Å². The number of nitrogens with two attached hydrogens (primary N) is 1. The van der Waals surface area contributed by atoms with E-state index in [9.17, 15) is 4.79 Å². The molecule has 7 heteroatoms. The lowest BCUT2D eigenvalue weighted by molar-refractivity contribution is 0.0615. The summed E-state index contributed by atoms with van der Waals surface area (Å²) in [7, 11) is 0. The van der Waals surface area contributed by atoms with E-state index in [1.54, 1.807) is 6.07 Å². The summed E-state index contributed by atoms with van der Waals surface area (Å²) in [5, 5.41) is 0. The van der Waals surface area contributed by atoms with Crippen LogP contribution in [0.3, 0.4) is 0 Å². The Kier molecular flexibility index (Phi) is 9.17. The quantitative estimate of drug-likeness (QED) is 0.786. The number of piperazine rings is 1. The van der Waals surface area contributed by atoms with E-state index in [0.29, 0.717) is 23.3 Å². The topological polar surface area (TPSA) is 52.8 Å². The molecule has 1 aromatic carbocycles. The molecule has 2 aliphatic rings. The number of para-hydroxylation sites is 1. The predicted molar refractivity (Wildman–Crippen MR) is 113 cm³/mol. The van der Waals surface area contributed by atoms with Crippen molar-refractivity contribution in [3.05, 3.63) is 29.8 Å². The maximum Gasteiger partial charge on any atom is 0.256 e. The first-order chi connectivity index (χ1) is 11.6. The molecule has 2 N–H and O–H groups in total. The number of benzene rings is 1. The summed E-state index contributed by atoms with van der Waals surface area (Å²) in [5.41, 5.74) is 7.14. The molecule has 2 atom stereocenters. The molecule has 0 bridgehead atoms. The van der Waals surface area contributed by atoms with E-state index in [1.807, 2.05) is 23.1 Å². The molecule has 26 heavy (non-hydrogen) atoms. The lowest BCUT2D eigenvalue weighted by Gasteiger charge is -2.36. The summed E-state index contributed by atoms with van der Waals surface area (Å²) in [4.78, 5) is 19.6. The van der Waals surface area contributed by atoms with E-state index in [2.05, 4.69) is 23.6 Å². The molecule has 5 nitrogen and oxygen atoms in total. The number of carbonyl (C=O) groups is 1. The van der Waals surface area contributed by atoms with Crippen molar-refractivity contribution in [3.8, 4) is 0 Å². The SMILES string of the molecule is CC1CCC(C)N1CCN1CCN(C(=O)c2ccccc2N)CC1.Cl.Cl. The van der Waals surface area contributed by atoms with Gasteiger partial charge in [0.1, 0.15) is 0 Å². The van der Waals surface area contributed by atoms with Crippen LogP contribution in [0.15, 0.2) is 24.3 Å². The smallest absolute Gasteiger partial charge is 0.256 e. The maximum absolute atomic E-state index is 12.6. The number of amides is 1. The molecular weight excluding hydrogens is 371 g/mol. The second-order valence-corrected chi connectivity index (χ2v) is 7.23. The molecule has 2 heterocycles. The Bertz CT molecular complexity index is 568. The van der Waals surface area contributed by atoms with Gasteiger partial charge in [-0.05, 0) is 38.8 Å². The highest BCUT2D eigenvalue weighted by Crippen LogP contribution is 2.23. The normalized spacial score (nSPS) is 24.0. The highest BCUT2D eigenvalue weighted by molar-refractivity contribution is 5.99. The fourth-order valence-corrected chi connectivity index (χ4v) is 3.98. The number of hydrogen-bond donors (Lipinski definition) is 1. The van der Waals surface area contributed by atoms with Crippen LogP contribution in [0.4, 0.5) is 5.69 Å². The summed E-state index contributed by atoms with van der Waals surface area (Å²) in [6.07, 6.45) is 2.64. The van der Waals surface area contributed by atoms with Gasteiger partial charge in [-0.2, -0.15) is 0 Å². The van der Waals surface area contributed by atoms with Crippen molar-refractivity contribution >= 4 is 36.4 Å². The van der Waals surface area contributed by atoms with Crippen molar-refractivity contribution in [1.29, 1.82) is 0 Å². The van der Waals surface area contributed by atoms with Crippen LogP contribution >= 0.6 is 24.8 Å². The van der Waals surface area contributed by atoms with Crippen LogP contribution in [0.2, 0.25) is 0 Å². The molecule has 0 saturated carbocycles. The number of nitrogens with zero attached hydrogens (tertiary/aromatic N) is 3. The van der Waals surface area contributed by atoms with Gasteiger partial charge in [-0.15, -0.1) is 24.8 Å². The van der Waals surface area contributed by atoms with Crippen molar-refractivity contribution < 1.29 is 4.79 Å². The molecule has 0 aliphatic carbocycles. The Hall–Kier alpha value is -1.01. The van der Waals surface area contributed by atoms with Crippen LogP contribution in [-0.2, 0) is 0 Å². The molecule has 2 aliphatic heterocycles. The van der Waals surface area contributed by atoms with Gasteiger partial charge < -0.3 is 10.6 Å². The highest BCUT2D eigenvalue weighted by atomic mass is 35.5. The van der Waals surface area contributed by atoms with Crippen LogP contribution in [0.1, 0.15) is 37.0 Å². The minimum Gasteiger partial charge on any atom is -0.398 e. The number of halogens is 2. The van der Waals surface area contributed by atoms with Gasteiger partial charge in [-0.25, -0.2) is 0 Å². The Labute approximate surface area is 169 Å². The van der Waals surface area contributed by atoms with Crippen molar-refractivity contribution in [2.75, 3.05) is 45.0 Å². The van der Waals surface area contributed by atoms with Gasteiger partial charge in [0.15, 0.2) is 0 Å². The standard InChI is InChI=1S/C19H30N4O.2ClH/c1-15-7-8-16(2)23(15)14-11-21-9-12-22(13-10-21)19(24)17-5-3-4-6-18(17)20;;/h3-6,15-16H,7-14,20H2,1-2H3;2*1H. The molecule has 1 aromatic rings. The average molecular weight is 403 g/mol. The van der Waals surface area contributed by atoms with Crippen molar-refractivity contribution in [3.63, 3.8) is 0 Å². The number of likely N-dealkylation sites (tertiary alicyclic amines) is 1. The zero-order valence-electron chi connectivity index (χ0n) is 15.8. The number of hydrogen-bond acceptors (Lipinski definition) is 4. The molecule has 1 amide bonds. The van der Waals surface area contributed by atoms with E-state index < -0.39 is 0 Å². The summed E-state index contributed by atoms with van der Waals surface area (Å²) >= 11 is 0. The van der Waals surface area contributed by atoms with Gasteiger partial charge in [0, 0.05) is 57.0 Å². The Morgan fingerprint density at radius 2 is 1.58 bits per heavy atom. The van der Waals surface area contributed by atoms with Gasteiger partial charge in [-0.3, -0.25) is 14.6 Å². The minimum atomic E-state index is 0. The van der Waals surface area contributed by atoms with E-state index in [0.717, 1.165) is 39.3 Å². The second kappa shape index (κ2) is 10.4. The molecule has 148 valence electrons. The third-order valence-electron chi connectivity index (χ3n) is 5.66. The van der Waals surface area contributed by atoms with Gasteiger partial charge in [0.25, 0.3) is 5.91 Å². The lowest BCUT2D eigenvalue weighted by Crippen LogP contribution is -2.51. The van der Waals surface area contributed by atoms with Crippen LogP contribution < -0.4 is 5.73 Å². The average Bonchev–Trinajstić information content (AvgIpc) is 2.91. The first-order valence-corrected chi connectivity index (χ1v) is 9.18. The van der Waals surface area contributed by atoms with Crippen LogP contribution in [-0.4, -0.2) is 72.0 Å². The largest absolute Gasteiger partial charge is 0.398 e. The molecular formula is C19H32Cl2N4O. The van der Waals surface area contributed by atoms with Gasteiger partial charge in [0.05, 0.1) is 5.56 Å². The maximum atomic E-state index is 12.6. The predicted octanol–water partition coefficient (Wildman–Crippen LogP) is 2.74. The monoisotopic (exact) mass is 402 g/mol. The second-order valence-electron chi connectivity index (χ2n) is 7.23. The minimum absolute atomic E-state index is 0. The summed E-state index contributed by atoms with van der Waals surface area (Å²) in [6, 6.07) is 8.78. The van der Waals surface area contributed by atoms with Crippen LogP contribution in [0.5, 0.6) is 0 Å². The fraction of sp³-hybridized carbons (Fsp3) is 0.632. The Balaban J connectivity index is 0.00000169. The first-order valence-electron chi connectivity index (χ1n) is 9.18. The zero-order chi connectivity index (χ0) is 17.1. The number of anilines is 1. The lowest BCUT2D eigenvalue weighted by atomic mass is 10.1. The molecule has 2 fully saturated rings. The van der Waals surface area contributed by atoms with Crippen LogP contribution in [0.25, 0.3) is 0 Å². The molecule has 3 rings (SSSR count). The van der Waals surface area contributed by atoms with E-state index in [4.69, 9.17) is 5.73 Å². The molecule has 0 aromatic heterocycles. The highest BCUT2D eigenvalue weighted by Gasteiger charge is 2.28. The molecule has 2 saturated heterocycles. The van der Waals surface area contributed by atoms with E-state index in [-0.39, 0.29) is 30.7 Å². The molecule has 0 radical (unpaired) electrons. The Morgan fingerprint density at radius 3 is 2.15 bits per heavy atom. The number of nitrogen functional groups attached to an aromatic ring is 1. The van der Waals surface area contributed by atoms with Gasteiger partial charge in [-0.1, -0.05) is 12.1 Å². The first kappa shape index (κ1) is 23.0. The van der Waals surface area contributed by atoms with Crippen molar-refractivity contribution in [2.24, 2.45) is 0 Å². The van der Waals surface area contributed by atoms with Crippen molar-refractivity contribution in [2.45, 2.75) is 38.8 Å². The zero-order valence-corrected chi connectivity index (χ0v) is 17.4. The number of rotatable bonds is 4. The van der Waals surface area contributed by atoms with Crippen molar-refractivity contribution in [1.82, 2.24) is 14.7 Å². The van der Waals surface area contributed by atoms with Gasteiger partial charge in [0.2, 0.25) is 0 Å². The molecule has 0 spiro atoms. The van der Waals surface area contributed by atoms with E-state index in [1.165, 1.54) is 12.8 Å². The molecule has 2 unspecified atom stereocenters. The third-order valence-corrected chi connectivity index (χ3v) is 5.66. The summed E-state index contributed by atoms with van der Waals surface area (Å²) < 4.78 is 0. The fourth-order valence-electron chi connectivity index (χ4n) is 3.98. The summed E-state index contributed by atoms with van der Waals surface area (Å²) in [6.45, 7) is 10.4. The van der Waals surface area contributed by atoms with Crippen LogP contribution in [0, 0.1) is 0 Å². The van der Waals surface area contributed by atoms with E-state index >= 15 is 0 Å². The summed E-state index contributed by atoms with van der Waals surface area (Å²) in [5.74, 6) is 0.0644. The third kappa shape index (κ3) is 5.26. The number of carbonyl (C=O) groups excluding carboxylic acids is 1.